The van der Waals surface area contributed by atoms with Gasteiger partial charge in [-0.1, -0.05) is 17.3 Å². The van der Waals surface area contributed by atoms with Crippen LogP contribution in [0.4, 0.5) is 5.69 Å². The molecule has 0 aliphatic rings. The Balaban J connectivity index is 1.84. The Morgan fingerprint density at radius 3 is 2.91 bits per heavy atom. The zero-order chi connectivity index (χ0) is 16.5. The van der Waals surface area contributed by atoms with E-state index in [0.717, 1.165) is 0 Å². The highest BCUT2D eigenvalue weighted by atomic mass is 16.5. The first kappa shape index (κ1) is 16.9. The van der Waals surface area contributed by atoms with E-state index in [1.54, 1.807) is 26.4 Å². The first-order valence-electron chi connectivity index (χ1n) is 7.17. The van der Waals surface area contributed by atoms with Crippen molar-refractivity contribution >= 4 is 11.6 Å². The van der Waals surface area contributed by atoms with Crippen molar-refractivity contribution in [3.8, 4) is 5.75 Å². The largest absolute Gasteiger partial charge is 0.495 e. The second-order valence-electron chi connectivity index (χ2n) is 4.70. The molecule has 23 heavy (non-hydrogen) atoms. The molecule has 0 saturated heterocycles. The molecule has 0 fully saturated rings. The van der Waals surface area contributed by atoms with E-state index >= 15 is 0 Å². The van der Waals surface area contributed by atoms with E-state index in [-0.39, 0.29) is 12.3 Å². The molecule has 0 saturated carbocycles. The van der Waals surface area contributed by atoms with Gasteiger partial charge in [-0.25, -0.2) is 0 Å². The number of methoxy groups -OCH3 is 2. The standard InChI is InChI=1S/C15H20N4O4/c1-21-8-7-16-10-15-18-13(19-23-15)9-14(20)17-11-5-3-4-6-12(11)22-2/h3-6,16H,7-10H2,1-2H3,(H,17,20). The second-order valence-corrected chi connectivity index (χ2v) is 4.70. The number of aromatic nitrogens is 2. The lowest BCUT2D eigenvalue weighted by Crippen LogP contribution is -2.19. The molecule has 0 bridgehead atoms. The highest BCUT2D eigenvalue weighted by Gasteiger charge is 2.12. The molecule has 0 radical (unpaired) electrons. The third-order valence-corrected chi connectivity index (χ3v) is 2.97. The van der Waals surface area contributed by atoms with Crippen LogP contribution in [0.25, 0.3) is 0 Å². The van der Waals surface area contributed by atoms with E-state index in [4.69, 9.17) is 14.0 Å². The molecule has 8 heteroatoms. The average molecular weight is 320 g/mol. The Labute approximate surface area is 134 Å². The van der Waals surface area contributed by atoms with Crippen LogP contribution in [0.15, 0.2) is 28.8 Å². The topological polar surface area (TPSA) is 98.5 Å². The van der Waals surface area contributed by atoms with Gasteiger partial charge in [0.05, 0.1) is 32.4 Å². The Morgan fingerprint density at radius 1 is 1.30 bits per heavy atom. The lowest BCUT2D eigenvalue weighted by atomic mass is 10.2. The third kappa shape index (κ3) is 5.35. The summed E-state index contributed by atoms with van der Waals surface area (Å²) in [6, 6.07) is 7.18. The van der Waals surface area contributed by atoms with Gasteiger partial charge >= 0.3 is 0 Å². The number of hydrogen-bond acceptors (Lipinski definition) is 7. The zero-order valence-electron chi connectivity index (χ0n) is 13.2. The van der Waals surface area contributed by atoms with E-state index in [2.05, 4.69) is 20.8 Å². The molecule has 1 heterocycles. The van der Waals surface area contributed by atoms with Gasteiger partial charge < -0.3 is 24.6 Å². The quantitative estimate of drug-likeness (QED) is 0.665. The molecule has 0 aliphatic heterocycles. The second kappa shape index (κ2) is 8.86. The number of carbonyl (C=O) groups excluding carboxylic acids is 1. The first-order valence-corrected chi connectivity index (χ1v) is 7.17. The summed E-state index contributed by atoms with van der Waals surface area (Å²) in [6.07, 6.45) is 0.0274. The Morgan fingerprint density at radius 2 is 2.13 bits per heavy atom. The first-order chi connectivity index (χ1) is 11.2. The number of hydrogen-bond donors (Lipinski definition) is 2. The van der Waals surface area contributed by atoms with Crippen molar-refractivity contribution in [1.29, 1.82) is 0 Å². The maximum atomic E-state index is 12.0. The molecule has 1 aromatic carbocycles. The summed E-state index contributed by atoms with van der Waals surface area (Å²) in [7, 11) is 3.18. The van der Waals surface area contributed by atoms with Crippen LogP contribution < -0.4 is 15.4 Å². The van der Waals surface area contributed by atoms with Crippen molar-refractivity contribution in [2.75, 3.05) is 32.7 Å². The third-order valence-electron chi connectivity index (χ3n) is 2.97. The molecule has 2 rings (SSSR count). The number of carbonyl (C=O) groups is 1. The van der Waals surface area contributed by atoms with Gasteiger partial charge in [0.2, 0.25) is 11.8 Å². The van der Waals surface area contributed by atoms with Crippen LogP contribution in [0.5, 0.6) is 5.75 Å². The smallest absolute Gasteiger partial charge is 0.240 e. The predicted octanol–water partition coefficient (Wildman–Crippen LogP) is 0.995. The Bertz CT molecular complexity index is 629. The van der Waals surface area contributed by atoms with Crippen LogP contribution in [0.2, 0.25) is 0 Å². The van der Waals surface area contributed by atoms with Crippen molar-refractivity contribution in [1.82, 2.24) is 15.5 Å². The van der Waals surface area contributed by atoms with E-state index in [9.17, 15) is 4.79 Å². The van der Waals surface area contributed by atoms with Gasteiger partial charge in [-0.05, 0) is 12.1 Å². The van der Waals surface area contributed by atoms with Crippen molar-refractivity contribution in [3.05, 3.63) is 36.0 Å². The van der Waals surface area contributed by atoms with Crippen LogP contribution in [-0.4, -0.2) is 43.4 Å². The number of anilines is 1. The predicted molar refractivity (Wildman–Crippen MR) is 83.2 cm³/mol. The molecule has 1 aromatic heterocycles. The van der Waals surface area contributed by atoms with Gasteiger partial charge in [-0.2, -0.15) is 4.98 Å². The van der Waals surface area contributed by atoms with Crippen molar-refractivity contribution in [3.63, 3.8) is 0 Å². The molecule has 124 valence electrons. The molecule has 0 atom stereocenters. The van der Waals surface area contributed by atoms with Gasteiger partial charge in [0.25, 0.3) is 0 Å². The molecular weight excluding hydrogens is 300 g/mol. The fourth-order valence-corrected chi connectivity index (χ4v) is 1.89. The summed E-state index contributed by atoms with van der Waals surface area (Å²) in [6.45, 7) is 1.72. The van der Waals surface area contributed by atoms with Crippen LogP contribution in [-0.2, 0) is 22.5 Å². The van der Waals surface area contributed by atoms with E-state index in [0.29, 0.717) is 42.8 Å². The monoisotopic (exact) mass is 320 g/mol. The van der Waals surface area contributed by atoms with E-state index in [1.807, 2.05) is 12.1 Å². The number of para-hydroxylation sites is 2. The number of nitrogens with zero attached hydrogens (tertiary/aromatic N) is 2. The van der Waals surface area contributed by atoms with Crippen LogP contribution in [0, 0.1) is 0 Å². The zero-order valence-corrected chi connectivity index (χ0v) is 13.2. The van der Waals surface area contributed by atoms with Crippen LogP contribution in [0.1, 0.15) is 11.7 Å². The summed E-state index contributed by atoms with van der Waals surface area (Å²) in [5.74, 6) is 1.12. The number of benzene rings is 1. The molecular formula is C15H20N4O4. The Hall–Kier alpha value is -2.45. The van der Waals surface area contributed by atoms with Crippen LogP contribution >= 0.6 is 0 Å². The summed E-state index contributed by atoms with van der Waals surface area (Å²) < 4.78 is 15.2. The Kier molecular flexibility index (Phi) is 6.52. The number of rotatable bonds is 9. The molecule has 0 spiro atoms. The summed E-state index contributed by atoms with van der Waals surface area (Å²) in [5.41, 5.74) is 0.602. The lowest BCUT2D eigenvalue weighted by Gasteiger charge is -2.08. The minimum Gasteiger partial charge on any atom is -0.495 e. The van der Waals surface area contributed by atoms with Crippen LogP contribution in [0.3, 0.4) is 0 Å². The molecule has 1 amide bonds. The maximum Gasteiger partial charge on any atom is 0.240 e. The number of ether oxygens (including phenoxy) is 2. The minimum absolute atomic E-state index is 0.0274. The lowest BCUT2D eigenvalue weighted by molar-refractivity contribution is -0.115. The maximum absolute atomic E-state index is 12.0. The molecule has 2 aromatic rings. The van der Waals surface area contributed by atoms with Crippen molar-refractivity contribution in [2.45, 2.75) is 13.0 Å². The van der Waals surface area contributed by atoms with Crippen molar-refractivity contribution < 1.29 is 18.8 Å². The van der Waals surface area contributed by atoms with Gasteiger partial charge in [-0.15, -0.1) is 0 Å². The number of amides is 1. The van der Waals surface area contributed by atoms with E-state index < -0.39 is 0 Å². The van der Waals surface area contributed by atoms with Gasteiger partial charge in [0, 0.05) is 13.7 Å². The van der Waals surface area contributed by atoms with Gasteiger partial charge in [-0.3, -0.25) is 4.79 Å². The van der Waals surface area contributed by atoms with Gasteiger partial charge in [0.1, 0.15) is 5.75 Å². The fraction of sp³-hybridized carbons (Fsp3) is 0.400. The summed E-state index contributed by atoms with van der Waals surface area (Å²) >= 11 is 0. The summed E-state index contributed by atoms with van der Waals surface area (Å²) in [4.78, 5) is 16.2. The summed E-state index contributed by atoms with van der Waals surface area (Å²) in [5, 5.41) is 9.64. The molecule has 0 aliphatic carbocycles. The average Bonchev–Trinajstić information content (AvgIpc) is 2.99. The minimum atomic E-state index is -0.241. The van der Waals surface area contributed by atoms with Gasteiger partial charge in [0.15, 0.2) is 5.82 Å². The highest BCUT2D eigenvalue weighted by Crippen LogP contribution is 2.22. The molecule has 0 unspecified atom stereocenters. The molecule has 8 nitrogen and oxygen atoms in total. The highest BCUT2D eigenvalue weighted by molar-refractivity contribution is 5.93. The molecule has 2 N–H and O–H groups in total. The number of nitrogens with one attached hydrogen (secondary N) is 2. The SMILES string of the molecule is COCCNCc1nc(CC(=O)Nc2ccccc2OC)no1. The fourth-order valence-electron chi connectivity index (χ4n) is 1.89. The van der Waals surface area contributed by atoms with E-state index in [1.165, 1.54) is 0 Å². The normalized spacial score (nSPS) is 10.5. The van der Waals surface area contributed by atoms with Crippen molar-refractivity contribution in [2.24, 2.45) is 0 Å².